The molecule has 1 aliphatic heterocycles. The molecule has 178 valence electrons. The van der Waals surface area contributed by atoms with Gasteiger partial charge < -0.3 is 4.90 Å². The number of hydrogen-bond donors (Lipinski definition) is 1. The molecular formula is C22H27F3N6O2. The van der Waals surface area contributed by atoms with Gasteiger partial charge in [0.25, 0.3) is 11.5 Å². The minimum Gasteiger partial charge on any atom is -0.338 e. The van der Waals surface area contributed by atoms with Crippen LogP contribution >= 0.6 is 0 Å². The van der Waals surface area contributed by atoms with Gasteiger partial charge in [0.2, 0.25) is 5.95 Å². The van der Waals surface area contributed by atoms with Crippen LogP contribution in [0.1, 0.15) is 49.2 Å². The second-order valence-corrected chi connectivity index (χ2v) is 8.70. The fourth-order valence-electron chi connectivity index (χ4n) is 4.96. The lowest BCUT2D eigenvalue weighted by Gasteiger charge is -2.44. The number of fused-ring (bicyclic) bond motifs is 1. The average Bonchev–Trinajstić information content (AvgIpc) is 3.39. The number of H-pyrrole nitrogens is 1. The quantitative estimate of drug-likeness (QED) is 0.625. The van der Waals surface area contributed by atoms with Crippen LogP contribution in [-0.4, -0.2) is 54.5 Å². The Kier molecular flexibility index (Phi) is 6.06. The van der Waals surface area contributed by atoms with Crippen molar-refractivity contribution >= 4 is 11.4 Å². The molecule has 0 saturated carbocycles. The van der Waals surface area contributed by atoms with Crippen molar-refractivity contribution in [1.82, 2.24) is 29.3 Å². The third-order valence-electron chi connectivity index (χ3n) is 6.75. The van der Waals surface area contributed by atoms with E-state index >= 15 is 0 Å². The molecule has 0 bridgehead atoms. The highest BCUT2D eigenvalue weighted by molar-refractivity contribution is 5.95. The second kappa shape index (κ2) is 8.68. The average molecular weight is 464 g/mol. The van der Waals surface area contributed by atoms with E-state index in [-0.39, 0.29) is 42.3 Å². The molecule has 3 aromatic rings. The smallest absolute Gasteiger partial charge is 0.338 e. The highest BCUT2D eigenvalue weighted by atomic mass is 19.4. The van der Waals surface area contributed by atoms with Gasteiger partial charge in [0.15, 0.2) is 0 Å². The number of halogens is 3. The van der Waals surface area contributed by atoms with Gasteiger partial charge in [-0.2, -0.15) is 18.3 Å². The maximum atomic E-state index is 13.4. The number of aromatic nitrogens is 5. The Hall–Kier alpha value is -3.11. The van der Waals surface area contributed by atoms with Gasteiger partial charge in [-0.1, -0.05) is 26.7 Å². The number of alkyl halides is 3. The molecule has 0 radical (unpaired) electrons. The molecule has 4 rings (SSSR count). The molecule has 1 saturated heterocycles. The zero-order chi connectivity index (χ0) is 23.9. The summed E-state index contributed by atoms with van der Waals surface area (Å²) in [4.78, 5) is 30.0. The number of piperidine rings is 1. The van der Waals surface area contributed by atoms with Crippen molar-refractivity contribution in [3.05, 3.63) is 46.1 Å². The number of hydrogen-bond acceptors (Lipinski definition) is 4. The number of carbonyl (C=O) groups excluding carboxylic acids is 1. The Morgan fingerprint density at radius 3 is 2.48 bits per heavy atom. The third kappa shape index (κ3) is 4.40. The number of nitrogens with zero attached hydrogens (tertiary/aromatic N) is 5. The molecule has 1 fully saturated rings. The standard InChI is InChI=1S/C22H27F3N6O2/c1-4-14-11-29(12-15(5-2)16(14)9-22(23,24)25)20(33)17-10-26-31(13(17)3)21-27-19(32)18-7-6-8-30(18)28-21/h6-8,10,14-16H,4-5,9,11-12H2,1-3H3,(H,27,28,32)/t14-,15+,16?. The van der Waals surface area contributed by atoms with Crippen LogP contribution in [0.15, 0.2) is 29.3 Å². The van der Waals surface area contributed by atoms with Crippen LogP contribution in [0.25, 0.3) is 11.5 Å². The largest absolute Gasteiger partial charge is 0.389 e. The Morgan fingerprint density at radius 2 is 1.88 bits per heavy atom. The van der Waals surface area contributed by atoms with E-state index in [2.05, 4.69) is 15.2 Å². The molecule has 1 unspecified atom stereocenters. The summed E-state index contributed by atoms with van der Waals surface area (Å²) in [6, 6.07) is 3.33. The van der Waals surface area contributed by atoms with E-state index in [1.54, 1.807) is 30.2 Å². The molecule has 1 amide bonds. The number of aromatic amines is 1. The maximum absolute atomic E-state index is 13.4. The molecule has 33 heavy (non-hydrogen) atoms. The molecule has 0 spiro atoms. The molecular weight excluding hydrogens is 437 g/mol. The predicted octanol–water partition coefficient (Wildman–Crippen LogP) is 3.59. The first-order chi connectivity index (χ1) is 15.6. The van der Waals surface area contributed by atoms with Crippen molar-refractivity contribution in [2.24, 2.45) is 17.8 Å². The molecule has 11 heteroatoms. The highest BCUT2D eigenvalue weighted by Gasteiger charge is 2.43. The number of carbonyl (C=O) groups is 1. The summed E-state index contributed by atoms with van der Waals surface area (Å²) in [5, 5.41) is 8.59. The van der Waals surface area contributed by atoms with E-state index in [1.165, 1.54) is 15.4 Å². The first kappa shape index (κ1) is 23.1. The summed E-state index contributed by atoms with van der Waals surface area (Å²) in [7, 11) is 0. The summed E-state index contributed by atoms with van der Waals surface area (Å²) in [5.74, 6) is -1.04. The second-order valence-electron chi connectivity index (χ2n) is 8.70. The van der Waals surface area contributed by atoms with Crippen LogP contribution in [-0.2, 0) is 0 Å². The lowest BCUT2D eigenvalue weighted by Crippen LogP contribution is -2.49. The summed E-state index contributed by atoms with van der Waals surface area (Å²) < 4.78 is 42.4. The van der Waals surface area contributed by atoms with E-state index < -0.39 is 18.5 Å². The van der Waals surface area contributed by atoms with Crippen molar-refractivity contribution in [1.29, 1.82) is 0 Å². The van der Waals surface area contributed by atoms with Gasteiger partial charge in [-0.25, -0.2) is 9.20 Å². The van der Waals surface area contributed by atoms with Gasteiger partial charge in [-0.15, -0.1) is 5.10 Å². The van der Waals surface area contributed by atoms with Gasteiger partial charge in [0.05, 0.1) is 17.5 Å². The van der Waals surface area contributed by atoms with Crippen molar-refractivity contribution in [2.75, 3.05) is 13.1 Å². The Balaban J connectivity index is 1.61. The van der Waals surface area contributed by atoms with Crippen LogP contribution in [0.5, 0.6) is 0 Å². The first-order valence-electron chi connectivity index (χ1n) is 11.1. The molecule has 3 aromatic heterocycles. The Labute approximate surface area is 188 Å². The predicted molar refractivity (Wildman–Crippen MR) is 115 cm³/mol. The van der Waals surface area contributed by atoms with E-state index in [1.807, 2.05) is 13.8 Å². The van der Waals surface area contributed by atoms with Crippen LogP contribution in [0, 0.1) is 24.7 Å². The topological polar surface area (TPSA) is 88.3 Å². The van der Waals surface area contributed by atoms with Gasteiger partial charge >= 0.3 is 6.18 Å². The molecule has 1 aliphatic rings. The summed E-state index contributed by atoms with van der Waals surface area (Å²) in [6.45, 7) is 6.00. The van der Waals surface area contributed by atoms with E-state index in [9.17, 15) is 22.8 Å². The number of amides is 1. The zero-order valence-electron chi connectivity index (χ0n) is 18.8. The zero-order valence-corrected chi connectivity index (χ0v) is 18.8. The fourth-order valence-corrected chi connectivity index (χ4v) is 4.96. The van der Waals surface area contributed by atoms with Gasteiger partial charge in [0, 0.05) is 25.7 Å². The summed E-state index contributed by atoms with van der Waals surface area (Å²) in [5.41, 5.74) is 0.881. The first-order valence-corrected chi connectivity index (χ1v) is 11.1. The van der Waals surface area contributed by atoms with Gasteiger partial charge in [-0.05, 0) is 36.8 Å². The number of nitrogens with one attached hydrogen (secondary N) is 1. The van der Waals surface area contributed by atoms with Crippen molar-refractivity contribution in [3.63, 3.8) is 0 Å². The fraction of sp³-hybridized carbons (Fsp3) is 0.545. The Bertz CT molecular complexity index is 1200. The van der Waals surface area contributed by atoms with Crippen LogP contribution < -0.4 is 5.56 Å². The number of likely N-dealkylation sites (tertiary alicyclic amines) is 1. The van der Waals surface area contributed by atoms with Crippen molar-refractivity contribution in [3.8, 4) is 5.95 Å². The van der Waals surface area contributed by atoms with E-state index in [4.69, 9.17) is 0 Å². The summed E-state index contributed by atoms with van der Waals surface area (Å²) in [6.07, 6.45) is -0.840. The molecule has 3 atom stereocenters. The van der Waals surface area contributed by atoms with Crippen molar-refractivity contribution < 1.29 is 18.0 Å². The molecule has 0 aromatic carbocycles. The van der Waals surface area contributed by atoms with E-state index in [0.717, 1.165) is 0 Å². The lowest BCUT2D eigenvalue weighted by atomic mass is 9.73. The summed E-state index contributed by atoms with van der Waals surface area (Å²) >= 11 is 0. The van der Waals surface area contributed by atoms with Crippen LogP contribution in [0.4, 0.5) is 13.2 Å². The van der Waals surface area contributed by atoms with Gasteiger partial charge in [0.1, 0.15) is 5.52 Å². The molecule has 1 N–H and O–H groups in total. The lowest BCUT2D eigenvalue weighted by molar-refractivity contribution is -0.158. The van der Waals surface area contributed by atoms with Crippen LogP contribution in [0.2, 0.25) is 0 Å². The van der Waals surface area contributed by atoms with Crippen molar-refractivity contribution in [2.45, 2.75) is 46.2 Å². The normalized spacial score (nSPS) is 21.6. The minimum atomic E-state index is -4.22. The Morgan fingerprint density at radius 1 is 1.21 bits per heavy atom. The molecule has 4 heterocycles. The molecule has 0 aliphatic carbocycles. The third-order valence-corrected chi connectivity index (χ3v) is 6.75. The highest BCUT2D eigenvalue weighted by Crippen LogP contribution is 2.40. The van der Waals surface area contributed by atoms with E-state index in [0.29, 0.717) is 29.6 Å². The monoisotopic (exact) mass is 464 g/mol. The molecule has 8 nitrogen and oxygen atoms in total. The van der Waals surface area contributed by atoms with Crippen LogP contribution in [0.3, 0.4) is 0 Å². The SMILES string of the molecule is CC[C@@H]1CN(C(=O)c2cnn(-c3nn4cccc4c(=O)[nH]3)c2C)C[C@H](CC)C1CC(F)(F)F. The maximum Gasteiger partial charge on any atom is 0.389 e. The van der Waals surface area contributed by atoms with Gasteiger partial charge in [-0.3, -0.25) is 14.6 Å². The minimum absolute atomic E-state index is 0.169. The number of rotatable bonds is 5.